The summed E-state index contributed by atoms with van der Waals surface area (Å²) in [6.45, 7) is 0. The maximum Gasteiger partial charge on any atom is 0.204 e. The molecule has 0 fully saturated rings. The average molecular weight is 338 g/mol. The average Bonchev–Trinajstić information content (AvgIpc) is 2.84. The molecule has 1 heterocycles. The molecule has 7 heteroatoms. The Morgan fingerprint density at radius 2 is 2.05 bits per heavy atom. The number of thiazole rings is 1. The molecule has 0 aliphatic heterocycles. The van der Waals surface area contributed by atoms with Crippen molar-refractivity contribution in [3.63, 3.8) is 0 Å². The van der Waals surface area contributed by atoms with Crippen LogP contribution >= 0.6 is 34.5 Å². The number of fused-ring (bicyclic) bond motifs is 1. The van der Waals surface area contributed by atoms with Gasteiger partial charge in [-0.2, -0.15) is 5.10 Å². The van der Waals surface area contributed by atoms with Gasteiger partial charge in [0, 0.05) is 10.6 Å². The summed E-state index contributed by atoms with van der Waals surface area (Å²) in [6, 6.07) is 10.4. The SMILES string of the molecule is Oc1ccccc1/C=N\Nc1nc2c(Cl)cc(Cl)cc2s1. The zero-order valence-electron chi connectivity index (χ0n) is 10.5. The number of rotatable bonds is 3. The molecule has 0 bridgehead atoms. The number of benzene rings is 2. The molecule has 0 radical (unpaired) electrons. The van der Waals surface area contributed by atoms with Crippen LogP contribution in [0.5, 0.6) is 5.75 Å². The Labute approximate surface area is 134 Å². The van der Waals surface area contributed by atoms with Crippen LogP contribution in [0.15, 0.2) is 41.5 Å². The van der Waals surface area contributed by atoms with Crippen molar-refractivity contribution >= 4 is 56.1 Å². The molecule has 3 aromatic rings. The van der Waals surface area contributed by atoms with E-state index in [-0.39, 0.29) is 5.75 Å². The maximum absolute atomic E-state index is 9.62. The summed E-state index contributed by atoms with van der Waals surface area (Å²) in [5.41, 5.74) is 4.12. The van der Waals surface area contributed by atoms with E-state index in [1.807, 2.05) is 6.07 Å². The number of hydrogen-bond donors (Lipinski definition) is 2. The van der Waals surface area contributed by atoms with E-state index in [0.717, 1.165) is 4.70 Å². The smallest absolute Gasteiger partial charge is 0.204 e. The molecule has 0 atom stereocenters. The number of aromatic hydroxyl groups is 1. The van der Waals surface area contributed by atoms with E-state index in [2.05, 4.69) is 15.5 Å². The van der Waals surface area contributed by atoms with Gasteiger partial charge >= 0.3 is 0 Å². The summed E-state index contributed by atoms with van der Waals surface area (Å²) in [5, 5.41) is 15.4. The summed E-state index contributed by atoms with van der Waals surface area (Å²) < 4.78 is 0.882. The first kappa shape index (κ1) is 14.1. The van der Waals surface area contributed by atoms with Crippen molar-refractivity contribution in [2.45, 2.75) is 0 Å². The number of hydrazone groups is 1. The van der Waals surface area contributed by atoms with Crippen molar-refractivity contribution in [2.75, 3.05) is 5.43 Å². The van der Waals surface area contributed by atoms with Crippen molar-refractivity contribution in [3.05, 3.63) is 52.0 Å². The summed E-state index contributed by atoms with van der Waals surface area (Å²) in [4.78, 5) is 4.35. The molecule has 21 heavy (non-hydrogen) atoms. The lowest BCUT2D eigenvalue weighted by Crippen LogP contribution is -1.89. The Bertz CT molecular complexity index is 832. The third-order valence-electron chi connectivity index (χ3n) is 2.71. The minimum Gasteiger partial charge on any atom is -0.507 e. The molecule has 2 N–H and O–H groups in total. The lowest BCUT2D eigenvalue weighted by atomic mass is 10.2. The number of aromatic nitrogens is 1. The normalized spacial score (nSPS) is 11.3. The second kappa shape index (κ2) is 5.89. The fourth-order valence-corrected chi connectivity index (χ4v) is 3.30. The van der Waals surface area contributed by atoms with Crippen molar-refractivity contribution in [3.8, 4) is 5.75 Å². The topological polar surface area (TPSA) is 57.5 Å². The van der Waals surface area contributed by atoms with Gasteiger partial charge in [-0.15, -0.1) is 0 Å². The van der Waals surface area contributed by atoms with Gasteiger partial charge in [-0.1, -0.05) is 46.7 Å². The molecular formula is C14H9Cl2N3OS. The molecule has 0 saturated carbocycles. The molecule has 0 aliphatic rings. The third-order valence-corrected chi connectivity index (χ3v) is 4.13. The van der Waals surface area contributed by atoms with Crippen molar-refractivity contribution in [2.24, 2.45) is 5.10 Å². The predicted molar refractivity (Wildman–Crippen MR) is 89.0 cm³/mol. The molecule has 4 nitrogen and oxygen atoms in total. The van der Waals surface area contributed by atoms with Crippen LogP contribution in [-0.2, 0) is 0 Å². The van der Waals surface area contributed by atoms with Gasteiger partial charge in [-0.05, 0) is 24.3 Å². The van der Waals surface area contributed by atoms with Gasteiger partial charge in [-0.25, -0.2) is 4.98 Å². The Morgan fingerprint density at radius 3 is 2.86 bits per heavy atom. The third kappa shape index (κ3) is 3.10. The lowest BCUT2D eigenvalue weighted by molar-refractivity contribution is 0.474. The fourth-order valence-electron chi connectivity index (χ4n) is 1.76. The van der Waals surface area contributed by atoms with Crippen LogP contribution in [0.1, 0.15) is 5.56 Å². The Kier molecular flexibility index (Phi) is 3.96. The van der Waals surface area contributed by atoms with Gasteiger partial charge in [0.1, 0.15) is 11.3 Å². The number of nitrogens with zero attached hydrogens (tertiary/aromatic N) is 2. The first-order valence-corrected chi connectivity index (χ1v) is 7.53. The zero-order chi connectivity index (χ0) is 14.8. The van der Waals surface area contributed by atoms with E-state index in [1.165, 1.54) is 17.6 Å². The molecule has 0 amide bonds. The van der Waals surface area contributed by atoms with Gasteiger partial charge in [0.25, 0.3) is 0 Å². The number of halogens is 2. The summed E-state index contributed by atoms with van der Waals surface area (Å²) in [7, 11) is 0. The van der Waals surface area contributed by atoms with Crippen LogP contribution in [0.25, 0.3) is 10.2 Å². The van der Waals surface area contributed by atoms with Crippen LogP contribution in [0, 0.1) is 0 Å². The highest BCUT2D eigenvalue weighted by Gasteiger charge is 2.08. The number of hydrogen-bond acceptors (Lipinski definition) is 5. The Hall–Kier alpha value is -1.82. The van der Waals surface area contributed by atoms with Crippen LogP contribution < -0.4 is 5.43 Å². The molecule has 0 saturated heterocycles. The van der Waals surface area contributed by atoms with E-state index >= 15 is 0 Å². The summed E-state index contributed by atoms with van der Waals surface area (Å²) >= 11 is 13.4. The van der Waals surface area contributed by atoms with Gasteiger partial charge in [0.05, 0.1) is 15.9 Å². The summed E-state index contributed by atoms with van der Waals surface area (Å²) in [5.74, 6) is 0.169. The van der Waals surface area contributed by atoms with Gasteiger partial charge < -0.3 is 5.11 Å². The largest absolute Gasteiger partial charge is 0.507 e. The molecular weight excluding hydrogens is 329 g/mol. The van der Waals surface area contributed by atoms with Gasteiger partial charge in [-0.3, -0.25) is 5.43 Å². The molecule has 0 spiro atoms. The molecule has 0 unspecified atom stereocenters. The number of phenolic OH excluding ortho intramolecular Hbond substituents is 1. The fraction of sp³-hybridized carbons (Fsp3) is 0. The van der Waals surface area contributed by atoms with E-state index in [1.54, 1.807) is 30.3 Å². The van der Waals surface area contributed by atoms with Gasteiger partial charge in [0.2, 0.25) is 5.13 Å². The van der Waals surface area contributed by atoms with Crippen molar-refractivity contribution in [1.29, 1.82) is 0 Å². The van der Waals surface area contributed by atoms with E-state index < -0.39 is 0 Å². The van der Waals surface area contributed by atoms with Crippen LogP contribution in [0.4, 0.5) is 5.13 Å². The number of nitrogens with one attached hydrogen (secondary N) is 1. The highest BCUT2D eigenvalue weighted by atomic mass is 35.5. The minimum atomic E-state index is 0.169. The minimum absolute atomic E-state index is 0.169. The van der Waals surface area contributed by atoms with Crippen LogP contribution in [0.3, 0.4) is 0 Å². The number of phenols is 1. The van der Waals surface area contributed by atoms with Crippen molar-refractivity contribution < 1.29 is 5.11 Å². The first-order chi connectivity index (χ1) is 10.1. The van der Waals surface area contributed by atoms with E-state index in [9.17, 15) is 5.11 Å². The molecule has 0 aliphatic carbocycles. The molecule has 1 aromatic heterocycles. The highest BCUT2D eigenvalue weighted by molar-refractivity contribution is 7.22. The first-order valence-electron chi connectivity index (χ1n) is 5.96. The monoisotopic (exact) mass is 337 g/mol. The summed E-state index contributed by atoms with van der Waals surface area (Å²) in [6.07, 6.45) is 1.52. The lowest BCUT2D eigenvalue weighted by Gasteiger charge is -1.96. The quantitative estimate of drug-likeness (QED) is 0.535. The standard InChI is InChI=1S/C14H9Cl2N3OS/c15-9-5-10(16)13-12(6-9)21-14(18-13)19-17-7-8-3-1-2-4-11(8)20/h1-7,20H,(H,18,19)/b17-7-. The molecule has 2 aromatic carbocycles. The molecule has 106 valence electrons. The second-order valence-electron chi connectivity index (χ2n) is 4.18. The predicted octanol–water partition coefficient (Wildman–Crippen LogP) is 4.75. The Morgan fingerprint density at radius 1 is 1.24 bits per heavy atom. The van der Waals surface area contributed by atoms with E-state index in [4.69, 9.17) is 23.2 Å². The highest BCUT2D eigenvalue weighted by Crippen LogP contribution is 2.33. The second-order valence-corrected chi connectivity index (χ2v) is 6.06. The Balaban J connectivity index is 1.83. The van der Waals surface area contributed by atoms with Crippen LogP contribution in [-0.4, -0.2) is 16.3 Å². The number of anilines is 1. The van der Waals surface area contributed by atoms with Crippen LogP contribution in [0.2, 0.25) is 10.0 Å². The molecule has 3 rings (SSSR count). The van der Waals surface area contributed by atoms with Gasteiger partial charge in [0.15, 0.2) is 0 Å². The maximum atomic E-state index is 9.62. The van der Waals surface area contributed by atoms with Crippen molar-refractivity contribution in [1.82, 2.24) is 4.98 Å². The zero-order valence-corrected chi connectivity index (χ0v) is 12.9. The van der Waals surface area contributed by atoms with E-state index in [0.29, 0.717) is 26.3 Å². The number of para-hydroxylation sites is 1.